The summed E-state index contributed by atoms with van der Waals surface area (Å²) in [4.78, 5) is 36.1. The van der Waals surface area contributed by atoms with E-state index in [0.717, 1.165) is 6.08 Å². The van der Waals surface area contributed by atoms with Crippen molar-refractivity contribution in [2.45, 2.75) is 12.8 Å². The molecule has 5 nitrogen and oxygen atoms in total. The van der Waals surface area contributed by atoms with Crippen LogP contribution < -0.4 is 0 Å². The number of fused-ring (bicyclic) bond motifs is 1. The van der Waals surface area contributed by atoms with Gasteiger partial charge < -0.3 is 4.74 Å². The number of esters is 1. The monoisotopic (exact) mass is 249 g/mol. The van der Waals surface area contributed by atoms with Crippen LogP contribution in [0.5, 0.6) is 0 Å². The lowest BCUT2D eigenvalue weighted by atomic mass is 9.85. The topological polar surface area (TPSA) is 63.7 Å². The molecular formula is C13H15NO4. The summed E-state index contributed by atoms with van der Waals surface area (Å²) in [5, 5.41) is 0. The van der Waals surface area contributed by atoms with Crippen LogP contribution in [0.1, 0.15) is 12.8 Å². The molecule has 1 saturated heterocycles. The third-order valence-electron chi connectivity index (χ3n) is 3.32. The molecule has 1 aliphatic heterocycles. The van der Waals surface area contributed by atoms with Crippen molar-refractivity contribution in [2.24, 2.45) is 11.8 Å². The van der Waals surface area contributed by atoms with Gasteiger partial charge in [-0.05, 0) is 12.8 Å². The van der Waals surface area contributed by atoms with Crippen molar-refractivity contribution < 1.29 is 19.1 Å². The third kappa shape index (κ3) is 2.20. The molecule has 2 aliphatic rings. The van der Waals surface area contributed by atoms with Crippen molar-refractivity contribution >= 4 is 17.8 Å². The van der Waals surface area contributed by atoms with Gasteiger partial charge in [0, 0.05) is 6.08 Å². The van der Waals surface area contributed by atoms with Gasteiger partial charge in [-0.3, -0.25) is 14.5 Å². The van der Waals surface area contributed by atoms with Crippen molar-refractivity contribution in [1.82, 2.24) is 4.90 Å². The number of nitrogens with zero attached hydrogens (tertiary/aromatic N) is 1. The van der Waals surface area contributed by atoms with Crippen LogP contribution in [0.2, 0.25) is 0 Å². The van der Waals surface area contributed by atoms with Crippen LogP contribution >= 0.6 is 0 Å². The van der Waals surface area contributed by atoms with Gasteiger partial charge in [-0.2, -0.15) is 0 Å². The first-order valence-electron chi connectivity index (χ1n) is 5.94. The molecule has 0 bridgehead atoms. The Hall–Kier alpha value is -1.91. The first-order valence-corrected chi connectivity index (χ1v) is 5.94. The molecule has 1 aliphatic carbocycles. The highest BCUT2D eigenvalue weighted by Gasteiger charge is 2.46. The van der Waals surface area contributed by atoms with Crippen LogP contribution in [-0.2, 0) is 19.1 Å². The van der Waals surface area contributed by atoms with Crippen molar-refractivity contribution in [3.63, 3.8) is 0 Å². The maximum absolute atomic E-state index is 12.0. The van der Waals surface area contributed by atoms with Gasteiger partial charge in [0.15, 0.2) is 0 Å². The first-order chi connectivity index (χ1) is 8.65. The van der Waals surface area contributed by atoms with Gasteiger partial charge in [-0.15, -0.1) is 0 Å². The Morgan fingerprint density at radius 1 is 1.33 bits per heavy atom. The maximum atomic E-state index is 12.0. The fraction of sp³-hybridized carbons (Fsp3) is 0.462. The number of hydrogen-bond acceptors (Lipinski definition) is 4. The zero-order valence-corrected chi connectivity index (χ0v) is 10.0. The van der Waals surface area contributed by atoms with E-state index in [2.05, 4.69) is 6.58 Å². The largest absolute Gasteiger partial charge is 0.461 e. The SMILES string of the molecule is C=CC(=O)OCCN1C(=O)C2CC=CCC2C1=O. The summed E-state index contributed by atoms with van der Waals surface area (Å²) in [6, 6.07) is 0. The van der Waals surface area contributed by atoms with Crippen molar-refractivity contribution in [1.29, 1.82) is 0 Å². The fourth-order valence-electron chi connectivity index (χ4n) is 2.39. The lowest BCUT2D eigenvalue weighted by molar-refractivity contribution is -0.145. The Labute approximate surface area is 105 Å². The molecule has 5 heteroatoms. The highest BCUT2D eigenvalue weighted by molar-refractivity contribution is 6.05. The predicted octanol–water partition coefficient (Wildman–Crippen LogP) is 0.667. The molecule has 2 amide bonds. The Morgan fingerprint density at radius 2 is 1.89 bits per heavy atom. The van der Waals surface area contributed by atoms with Gasteiger partial charge in [0.05, 0.1) is 18.4 Å². The average Bonchev–Trinajstić information content (AvgIpc) is 2.64. The van der Waals surface area contributed by atoms with Crippen LogP contribution in [0.4, 0.5) is 0 Å². The second-order valence-corrected chi connectivity index (χ2v) is 4.36. The molecule has 2 atom stereocenters. The van der Waals surface area contributed by atoms with Crippen molar-refractivity contribution in [2.75, 3.05) is 13.2 Å². The molecule has 0 N–H and O–H groups in total. The van der Waals surface area contributed by atoms with E-state index < -0.39 is 5.97 Å². The van der Waals surface area contributed by atoms with Crippen molar-refractivity contribution in [3.05, 3.63) is 24.8 Å². The zero-order valence-electron chi connectivity index (χ0n) is 10.0. The van der Waals surface area contributed by atoms with Gasteiger partial charge in [0.25, 0.3) is 0 Å². The molecule has 1 heterocycles. The second kappa shape index (κ2) is 5.16. The molecule has 0 aromatic rings. The lowest BCUT2D eigenvalue weighted by Gasteiger charge is -2.14. The summed E-state index contributed by atoms with van der Waals surface area (Å²) in [5.41, 5.74) is 0. The van der Waals surface area contributed by atoms with E-state index in [1.807, 2.05) is 12.2 Å². The Balaban J connectivity index is 1.94. The normalized spacial score (nSPS) is 26.1. The molecule has 18 heavy (non-hydrogen) atoms. The molecule has 0 spiro atoms. The van der Waals surface area contributed by atoms with E-state index in [-0.39, 0.29) is 36.8 Å². The molecule has 0 radical (unpaired) electrons. The Bertz CT molecular complexity index is 401. The second-order valence-electron chi connectivity index (χ2n) is 4.36. The van der Waals surface area contributed by atoms with Crippen LogP contribution in [-0.4, -0.2) is 35.8 Å². The molecule has 0 aromatic carbocycles. The Morgan fingerprint density at radius 3 is 2.39 bits per heavy atom. The standard InChI is InChI=1S/C13H15NO4/c1-2-11(15)18-8-7-14-12(16)9-5-3-4-6-10(9)13(14)17/h2-4,9-10H,1,5-8H2. The fourth-order valence-corrected chi connectivity index (χ4v) is 2.39. The number of carbonyl (C=O) groups excluding carboxylic acids is 3. The zero-order chi connectivity index (χ0) is 13.1. The van der Waals surface area contributed by atoms with Crippen LogP contribution in [0.15, 0.2) is 24.8 Å². The van der Waals surface area contributed by atoms with E-state index >= 15 is 0 Å². The highest BCUT2D eigenvalue weighted by atomic mass is 16.5. The third-order valence-corrected chi connectivity index (χ3v) is 3.32. The highest BCUT2D eigenvalue weighted by Crippen LogP contribution is 2.34. The molecule has 0 aromatic heterocycles. The smallest absolute Gasteiger partial charge is 0.330 e. The van der Waals surface area contributed by atoms with E-state index in [4.69, 9.17) is 4.74 Å². The molecule has 0 saturated carbocycles. The van der Waals surface area contributed by atoms with E-state index in [0.29, 0.717) is 12.8 Å². The average molecular weight is 249 g/mol. The van der Waals surface area contributed by atoms with Crippen LogP contribution in [0.25, 0.3) is 0 Å². The number of amides is 2. The summed E-state index contributed by atoms with van der Waals surface area (Å²) < 4.78 is 4.78. The maximum Gasteiger partial charge on any atom is 0.330 e. The quantitative estimate of drug-likeness (QED) is 0.318. The van der Waals surface area contributed by atoms with Crippen LogP contribution in [0.3, 0.4) is 0 Å². The molecule has 2 rings (SSSR count). The minimum Gasteiger partial charge on any atom is -0.461 e. The summed E-state index contributed by atoms with van der Waals surface area (Å²) in [6.45, 7) is 3.42. The summed E-state index contributed by atoms with van der Waals surface area (Å²) in [7, 11) is 0. The number of rotatable bonds is 4. The number of hydrogen-bond donors (Lipinski definition) is 0. The van der Waals surface area contributed by atoms with E-state index in [1.165, 1.54) is 4.90 Å². The summed E-state index contributed by atoms with van der Waals surface area (Å²) >= 11 is 0. The van der Waals surface area contributed by atoms with Gasteiger partial charge in [0.1, 0.15) is 6.61 Å². The predicted molar refractivity (Wildman–Crippen MR) is 63.2 cm³/mol. The Kier molecular flexibility index (Phi) is 3.60. The van der Waals surface area contributed by atoms with Gasteiger partial charge in [-0.1, -0.05) is 18.7 Å². The summed E-state index contributed by atoms with van der Waals surface area (Å²) in [6.07, 6.45) is 6.18. The number of allylic oxidation sites excluding steroid dienone is 2. The lowest BCUT2D eigenvalue weighted by Crippen LogP contribution is -2.34. The van der Waals surface area contributed by atoms with Gasteiger partial charge >= 0.3 is 5.97 Å². The van der Waals surface area contributed by atoms with Crippen LogP contribution in [0, 0.1) is 11.8 Å². The minimum absolute atomic E-state index is 0.0230. The molecule has 96 valence electrons. The first kappa shape index (κ1) is 12.5. The van der Waals surface area contributed by atoms with E-state index in [1.54, 1.807) is 0 Å². The number of ether oxygens (including phenoxy) is 1. The van der Waals surface area contributed by atoms with E-state index in [9.17, 15) is 14.4 Å². The number of likely N-dealkylation sites (tertiary alicyclic amines) is 1. The van der Waals surface area contributed by atoms with Crippen molar-refractivity contribution in [3.8, 4) is 0 Å². The van der Waals surface area contributed by atoms with Gasteiger partial charge in [0.2, 0.25) is 11.8 Å². The molecule has 1 fully saturated rings. The summed E-state index contributed by atoms with van der Waals surface area (Å²) in [5.74, 6) is -1.30. The molecule has 2 unspecified atom stereocenters. The number of carbonyl (C=O) groups is 3. The van der Waals surface area contributed by atoms with Gasteiger partial charge in [-0.25, -0.2) is 4.79 Å². The minimum atomic E-state index is -0.548. The molecular weight excluding hydrogens is 234 g/mol. The number of imide groups is 1.